The summed E-state index contributed by atoms with van der Waals surface area (Å²) < 4.78 is 3.83. The molecule has 1 aromatic heterocycles. The average Bonchev–Trinajstić information content (AvgIpc) is 3.05. The largest absolute Gasteiger partial charge is 0.348 e. The van der Waals surface area contributed by atoms with Crippen LogP contribution in [0.3, 0.4) is 0 Å². The second kappa shape index (κ2) is 7.72. The van der Waals surface area contributed by atoms with Crippen LogP contribution in [-0.2, 0) is 0 Å². The van der Waals surface area contributed by atoms with Gasteiger partial charge in [-0.15, -0.1) is 5.10 Å². The first kappa shape index (κ1) is 16.2. The third-order valence-electron chi connectivity index (χ3n) is 4.51. The Balaban J connectivity index is 1.59. The molecule has 3 amide bonds. The van der Waals surface area contributed by atoms with Crippen molar-refractivity contribution in [3.05, 3.63) is 5.69 Å². The van der Waals surface area contributed by atoms with E-state index in [9.17, 15) is 9.59 Å². The fourth-order valence-electron chi connectivity index (χ4n) is 3.20. The zero-order valence-corrected chi connectivity index (χ0v) is 14.0. The third kappa shape index (κ3) is 4.19. The second-order valence-electron chi connectivity index (χ2n) is 6.24. The minimum atomic E-state index is -0.236. The van der Waals surface area contributed by atoms with Crippen LogP contribution in [-0.4, -0.2) is 45.6 Å². The topological polar surface area (TPSA) is 87.2 Å². The van der Waals surface area contributed by atoms with Crippen LogP contribution < -0.4 is 10.6 Å². The van der Waals surface area contributed by atoms with E-state index in [2.05, 4.69) is 20.2 Å². The van der Waals surface area contributed by atoms with E-state index in [-0.39, 0.29) is 23.7 Å². The van der Waals surface area contributed by atoms with E-state index >= 15 is 0 Å². The van der Waals surface area contributed by atoms with Gasteiger partial charge in [-0.2, -0.15) is 0 Å². The third-order valence-corrected chi connectivity index (χ3v) is 5.15. The number of nitrogens with one attached hydrogen (secondary N) is 2. The maximum Gasteiger partial charge on any atom is 0.322 e. The van der Waals surface area contributed by atoms with Gasteiger partial charge in [0.15, 0.2) is 10.7 Å². The lowest BCUT2D eigenvalue weighted by atomic mass is 9.95. The molecule has 0 aromatic carbocycles. The molecule has 8 heteroatoms. The molecule has 2 aliphatic rings. The van der Waals surface area contributed by atoms with Gasteiger partial charge in [0.25, 0.3) is 5.91 Å². The SMILES string of the molecule is O=C(NC1CCCCC1)c1nnsc1NC(=O)N1CCCCC1. The molecule has 126 valence electrons. The van der Waals surface area contributed by atoms with Crippen LogP contribution in [0.15, 0.2) is 0 Å². The van der Waals surface area contributed by atoms with Gasteiger partial charge in [-0.1, -0.05) is 23.8 Å². The van der Waals surface area contributed by atoms with Crippen molar-refractivity contribution in [1.82, 2.24) is 19.8 Å². The van der Waals surface area contributed by atoms with Crippen molar-refractivity contribution < 1.29 is 9.59 Å². The molecule has 23 heavy (non-hydrogen) atoms. The predicted molar refractivity (Wildman–Crippen MR) is 88.7 cm³/mol. The number of anilines is 1. The maximum atomic E-state index is 12.4. The maximum absolute atomic E-state index is 12.4. The first-order valence-corrected chi connectivity index (χ1v) is 9.20. The Morgan fingerprint density at radius 2 is 1.74 bits per heavy atom. The van der Waals surface area contributed by atoms with Crippen molar-refractivity contribution in [3.8, 4) is 0 Å². The molecule has 2 fully saturated rings. The summed E-state index contributed by atoms with van der Waals surface area (Å²) in [5.74, 6) is -0.236. The van der Waals surface area contributed by atoms with Crippen LogP contribution in [0.4, 0.5) is 9.80 Å². The van der Waals surface area contributed by atoms with Crippen molar-refractivity contribution in [2.75, 3.05) is 18.4 Å². The zero-order valence-electron chi connectivity index (χ0n) is 13.2. The molecular weight excluding hydrogens is 314 g/mol. The van der Waals surface area contributed by atoms with E-state index in [1.54, 1.807) is 4.90 Å². The summed E-state index contributed by atoms with van der Waals surface area (Å²) >= 11 is 1.05. The van der Waals surface area contributed by atoms with Gasteiger partial charge in [0, 0.05) is 30.7 Å². The monoisotopic (exact) mass is 337 g/mol. The summed E-state index contributed by atoms with van der Waals surface area (Å²) in [5.41, 5.74) is 0.228. The lowest BCUT2D eigenvalue weighted by Crippen LogP contribution is -2.39. The number of carbonyl (C=O) groups excluding carboxylic acids is 2. The Morgan fingerprint density at radius 3 is 2.48 bits per heavy atom. The molecule has 0 spiro atoms. The molecule has 2 heterocycles. The Labute approximate surface area is 140 Å². The first-order valence-electron chi connectivity index (χ1n) is 8.43. The van der Waals surface area contributed by atoms with Gasteiger partial charge in [0.2, 0.25) is 0 Å². The van der Waals surface area contributed by atoms with Gasteiger partial charge in [-0.3, -0.25) is 10.1 Å². The quantitative estimate of drug-likeness (QED) is 0.887. The number of nitrogens with zero attached hydrogens (tertiary/aromatic N) is 3. The molecular formula is C15H23N5O2S. The number of hydrogen-bond donors (Lipinski definition) is 2. The number of amides is 3. The summed E-state index contributed by atoms with van der Waals surface area (Å²) in [6, 6.07) is 0.0473. The van der Waals surface area contributed by atoms with Crippen molar-refractivity contribution in [2.45, 2.75) is 57.4 Å². The number of likely N-dealkylation sites (tertiary alicyclic amines) is 1. The highest BCUT2D eigenvalue weighted by Gasteiger charge is 2.24. The Morgan fingerprint density at radius 1 is 1.04 bits per heavy atom. The highest BCUT2D eigenvalue weighted by Crippen LogP contribution is 2.21. The van der Waals surface area contributed by atoms with Crippen LogP contribution in [0, 0.1) is 0 Å². The Hall–Kier alpha value is -1.70. The first-order chi connectivity index (χ1) is 11.2. The number of aromatic nitrogens is 2. The van der Waals surface area contributed by atoms with Crippen molar-refractivity contribution in [3.63, 3.8) is 0 Å². The molecule has 1 aliphatic carbocycles. The molecule has 1 aliphatic heterocycles. The van der Waals surface area contributed by atoms with Gasteiger partial charge in [0.05, 0.1) is 0 Å². The molecule has 3 rings (SSSR count). The fraction of sp³-hybridized carbons (Fsp3) is 0.733. The summed E-state index contributed by atoms with van der Waals surface area (Å²) in [4.78, 5) is 26.4. The number of hydrogen-bond acceptors (Lipinski definition) is 5. The van der Waals surface area contributed by atoms with Crippen LogP contribution in [0.1, 0.15) is 61.9 Å². The molecule has 0 radical (unpaired) electrons. The zero-order chi connectivity index (χ0) is 16.1. The smallest absolute Gasteiger partial charge is 0.322 e. The van der Waals surface area contributed by atoms with E-state index in [4.69, 9.17) is 0 Å². The lowest BCUT2D eigenvalue weighted by molar-refractivity contribution is 0.0923. The van der Waals surface area contributed by atoms with E-state index in [0.29, 0.717) is 5.00 Å². The molecule has 1 saturated carbocycles. The van der Waals surface area contributed by atoms with Crippen LogP contribution in [0.2, 0.25) is 0 Å². The molecule has 0 bridgehead atoms. The molecule has 0 atom stereocenters. The second-order valence-corrected chi connectivity index (χ2v) is 6.99. The van der Waals surface area contributed by atoms with Crippen LogP contribution in [0.5, 0.6) is 0 Å². The molecule has 7 nitrogen and oxygen atoms in total. The van der Waals surface area contributed by atoms with Gasteiger partial charge in [0.1, 0.15) is 0 Å². The molecule has 0 unspecified atom stereocenters. The van der Waals surface area contributed by atoms with Crippen LogP contribution in [0.25, 0.3) is 0 Å². The summed E-state index contributed by atoms with van der Waals surface area (Å²) in [7, 11) is 0. The highest BCUT2D eigenvalue weighted by molar-refractivity contribution is 7.10. The normalized spacial score (nSPS) is 19.4. The average molecular weight is 337 g/mol. The summed E-state index contributed by atoms with van der Waals surface area (Å²) in [6.45, 7) is 1.53. The van der Waals surface area contributed by atoms with E-state index < -0.39 is 0 Å². The van der Waals surface area contributed by atoms with Crippen LogP contribution >= 0.6 is 11.5 Å². The fourth-order valence-corrected chi connectivity index (χ4v) is 3.75. The van der Waals surface area contributed by atoms with Gasteiger partial charge < -0.3 is 10.2 Å². The summed E-state index contributed by atoms with van der Waals surface area (Å²) in [6.07, 6.45) is 8.80. The van der Waals surface area contributed by atoms with Gasteiger partial charge in [-0.25, -0.2) is 4.79 Å². The van der Waals surface area contributed by atoms with E-state index in [1.165, 1.54) is 12.8 Å². The number of urea groups is 1. The predicted octanol–water partition coefficient (Wildman–Crippen LogP) is 2.62. The standard InChI is InChI=1S/C15H23N5O2S/c21-13(16-11-7-3-1-4-8-11)12-14(23-19-18-12)17-15(22)20-9-5-2-6-10-20/h11H,1-10H2,(H,16,21)(H,17,22). The van der Waals surface area contributed by atoms with Gasteiger partial charge in [-0.05, 0) is 32.1 Å². The van der Waals surface area contributed by atoms with E-state index in [0.717, 1.165) is 63.1 Å². The highest BCUT2D eigenvalue weighted by atomic mass is 32.1. The van der Waals surface area contributed by atoms with Crippen molar-refractivity contribution in [2.24, 2.45) is 0 Å². The minimum Gasteiger partial charge on any atom is -0.348 e. The minimum absolute atomic E-state index is 0.164. The number of rotatable bonds is 3. The van der Waals surface area contributed by atoms with Gasteiger partial charge >= 0.3 is 6.03 Å². The van der Waals surface area contributed by atoms with Crippen molar-refractivity contribution in [1.29, 1.82) is 0 Å². The molecule has 1 saturated heterocycles. The Kier molecular flexibility index (Phi) is 5.43. The van der Waals surface area contributed by atoms with E-state index in [1.807, 2.05) is 0 Å². The number of piperidine rings is 1. The molecule has 1 aromatic rings. The number of carbonyl (C=O) groups is 2. The lowest BCUT2D eigenvalue weighted by Gasteiger charge is -2.26. The van der Waals surface area contributed by atoms with Crippen molar-refractivity contribution >= 4 is 28.5 Å². The Bertz CT molecular complexity index is 550. The summed E-state index contributed by atoms with van der Waals surface area (Å²) in [5, 5.41) is 10.2. The molecule has 2 N–H and O–H groups in total.